The maximum absolute atomic E-state index is 13.9. The molecule has 0 saturated carbocycles. The molecule has 292 valence electrons. The Morgan fingerprint density at radius 1 is 0.964 bits per heavy atom. The van der Waals surface area contributed by atoms with E-state index in [4.69, 9.17) is 18.4 Å². The van der Waals surface area contributed by atoms with Gasteiger partial charge in [-0.15, -0.1) is 0 Å². The smallest absolute Gasteiger partial charge is 0.324 e. The summed E-state index contributed by atoms with van der Waals surface area (Å²) >= 11 is 0. The fraction of sp³-hybridized carbons (Fsp3) is 0.488. The molecule has 6 heterocycles. The number of hydrogen-bond acceptors (Lipinski definition) is 11. The van der Waals surface area contributed by atoms with Crippen molar-refractivity contribution >= 4 is 45.2 Å². The number of morpholine rings is 1. The van der Waals surface area contributed by atoms with Crippen molar-refractivity contribution in [2.24, 2.45) is 0 Å². The fourth-order valence-electron chi connectivity index (χ4n) is 7.90. The van der Waals surface area contributed by atoms with Gasteiger partial charge in [0.15, 0.2) is 11.6 Å². The summed E-state index contributed by atoms with van der Waals surface area (Å²) in [5.41, 5.74) is 2.84. The number of hydrogen-bond donors (Lipinski definition) is 4. The molecule has 5 aromatic rings. The van der Waals surface area contributed by atoms with Crippen LogP contribution in [-0.2, 0) is 16.7 Å². The van der Waals surface area contributed by atoms with Crippen molar-refractivity contribution in [1.82, 2.24) is 24.8 Å². The number of urea groups is 1. The number of ether oxygens (including phenoxy) is 2. The van der Waals surface area contributed by atoms with E-state index in [1.165, 1.54) is 32.4 Å². The van der Waals surface area contributed by atoms with Gasteiger partial charge in [0.25, 0.3) is 6.41 Å². The number of aliphatic hydroxyl groups is 1. The molecular weight excluding hydrogens is 702 g/mol. The summed E-state index contributed by atoms with van der Waals surface area (Å²) in [4.78, 5) is 36.9. The summed E-state index contributed by atoms with van der Waals surface area (Å²) in [5.74, 6) is 1.41. The summed E-state index contributed by atoms with van der Waals surface area (Å²) in [6, 6.07) is 14.2. The number of amides is 2. The number of aromatic nitrogens is 2. The summed E-state index contributed by atoms with van der Waals surface area (Å²) in [6.07, 6.45) is 4.82. The molecule has 14 heteroatoms. The Labute approximate surface area is 320 Å². The molecule has 14 nitrogen and oxygen atoms in total. The minimum absolute atomic E-state index is 0.162. The standard InChI is InChI=1S/C41H51N7O7/c1-41(2,3)36-24-37(45-55-36)44-39(50)42-27-7-9-33-26(21-27)22-35(53-33)38(49)32-23-29-30(25-46-17-19-52-20-18-46)34(10-8-31(29)43-32)54-40(51)48-15-11-28(12-16-48)47-13-5-4-6-14-47/h7-10,21-24,28,40,43,51H,4-6,11-20,25H2,1-3H3,(H2,42,44,45,50). The van der Waals surface area contributed by atoms with Gasteiger partial charge in [0, 0.05) is 77.8 Å². The molecule has 3 aliphatic rings. The first-order valence-electron chi connectivity index (χ1n) is 19.5. The average molecular weight is 754 g/mol. The number of rotatable bonds is 10. The van der Waals surface area contributed by atoms with E-state index in [0.717, 1.165) is 55.5 Å². The fourth-order valence-corrected chi connectivity index (χ4v) is 7.90. The van der Waals surface area contributed by atoms with Crippen LogP contribution in [-0.4, -0.2) is 107 Å². The predicted octanol–water partition coefficient (Wildman–Crippen LogP) is 6.51. The number of carbonyl (C=O) groups excluding carboxylic acids is 2. The topological polar surface area (TPSA) is 162 Å². The Morgan fingerprint density at radius 3 is 2.49 bits per heavy atom. The van der Waals surface area contributed by atoms with E-state index in [2.05, 4.69) is 30.6 Å². The summed E-state index contributed by atoms with van der Waals surface area (Å²) in [5, 5.41) is 22.3. The molecule has 0 spiro atoms. The predicted molar refractivity (Wildman–Crippen MR) is 209 cm³/mol. The van der Waals surface area contributed by atoms with Crippen molar-refractivity contribution in [1.29, 1.82) is 0 Å². The van der Waals surface area contributed by atoms with Crippen molar-refractivity contribution in [3.05, 3.63) is 71.3 Å². The van der Waals surface area contributed by atoms with Gasteiger partial charge in [-0.3, -0.25) is 15.0 Å². The lowest BCUT2D eigenvalue weighted by molar-refractivity contribution is -0.146. The van der Waals surface area contributed by atoms with E-state index in [1.807, 2.05) is 43.9 Å². The van der Waals surface area contributed by atoms with Gasteiger partial charge in [0.1, 0.15) is 17.1 Å². The molecule has 1 unspecified atom stereocenters. The molecule has 0 bridgehead atoms. The molecule has 0 aliphatic carbocycles. The summed E-state index contributed by atoms with van der Waals surface area (Å²) in [6.45, 7) is 13.3. The number of furan rings is 1. The number of fused-ring (bicyclic) bond motifs is 2. The highest BCUT2D eigenvalue weighted by atomic mass is 16.6. The zero-order valence-corrected chi connectivity index (χ0v) is 31.9. The number of nitrogens with zero attached hydrogens (tertiary/aromatic N) is 4. The lowest BCUT2D eigenvalue weighted by atomic mass is 9.93. The van der Waals surface area contributed by atoms with Crippen LogP contribution in [0.4, 0.5) is 16.3 Å². The molecule has 3 fully saturated rings. The number of piperidine rings is 2. The van der Waals surface area contributed by atoms with Crippen LogP contribution in [0.25, 0.3) is 21.9 Å². The van der Waals surface area contributed by atoms with Crippen molar-refractivity contribution in [3.63, 3.8) is 0 Å². The van der Waals surface area contributed by atoms with E-state index in [9.17, 15) is 14.7 Å². The Balaban J connectivity index is 0.980. The quantitative estimate of drug-likeness (QED) is 0.0909. The van der Waals surface area contributed by atoms with Crippen LogP contribution in [0.1, 0.15) is 80.4 Å². The van der Waals surface area contributed by atoms with Crippen LogP contribution >= 0.6 is 0 Å². The molecule has 3 aromatic heterocycles. The highest BCUT2D eigenvalue weighted by molar-refractivity contribution is 6.11. The number of H-pyrrole nitrogens is 1. The molecule has 4 N–H and O–H groups in total. The molecule has 8 rings (SSSR count). The number of aliphatic hydroxyl groups excluding tert-OH is 1. The van der Waals surface area contributed by atoms with E-state index in [1.54, 1.807) is 30.3 Å². The second-order valence-electron chi connectivity index (χ2n) is 16.0. The highest BCUT2D eigenvalue weighted by Gasteiger charge is 2.30. The van der Waals surface area contributed by atoms with Crippen LogP contribution in [0.5, 0.6) is 5.75 Å². The molecule has 2 amide bonds. The van der Waals surface area contributed by atoms with Gasteiger partial charge in [0.05, 0.1) is 18.9 Å². The Hall–Kier alpha value is -4.73. The zero-order valence-electron chi connectivity index (χ0n) is 31.9. The normalized spacial score (nSPS) is 18.8. The molecule has 3 saturated heterocycles. The minimum atomic E-state index is -1.08. The van der Waals surface area contributed by atoms with Crippen molar-refractivity contribution in [2.75, 3.05) is 63.1 Å². The van der Waals surface area contributed by atoms with Crippen molar-refractivity contribution in [2.45, 2.75) is 77.3 Å². The van der Waals surface area contributed by atoms with E-state index >= 15 is 0 Å². The van der Waals surface area contributed by atoms with Crippen LogP contribution < -0.4 is 15.4 Å². The van der Waals surface area contributed by atoms with Gasteiger partial charge in [-0.2, -0.15) is 0 Å². The highest BCUT2D eigenvalue weighted by Crippen LogP contribution is 2.34. The first kappa shape index (κ1) is 37.2. The number of anilines is 2. The van der Waals surface area contributed by atoms with Gasteiger partial charge in [0.2, 0.25) is 5.78 Å². The second-order valence-corrected chi connectivity index (χ2v) is 16.0. The number of nitrogens with one attached hydrogen (secondary N) is 3. The largest absolute Gasteiger partial charge is 0.453 e. The molecule has 3 aliphatic heterocycles. The van der Waals surface area contributed by atoms with Crippen LogP contribution in [0.2, 0.25) is 0 Å². The molecular formula is C41H51N7O7. The van der Waals surface area contributed by atoms with Crippen LogP contribution in [0, 0.1) is 0 Å². The number of ketones is 1. The third kappa shape index (κ3) is 8.43. The average Bonchev–Trinajstić information content (AvgIpc) is 3.95. The number of aromatic amines is 1. The molecule has 55 heavy (non-hydrogen) atoms. The van der Waals surface area contributed by atoms with Gasteiger partial charge in [-0.1, -0.05) is 32.3 Å². The van der Waals surface area contributed by atoms with Gasteiger partial charge >= 0.3 is 6.03 Å². The molecule has 0 radical (unpaired) electrons. The van der Waals surface area contributed by atoms with Crippen molar-refractivity contribution in [3.8, 4) is 5.75 Å². The number of likely N-dealkylation sites (tertiary alicyclic amines) is 2. The van der Waals surface area contributed by atoms with E-state index in [-0.39, 0.29) is 17.0 Å². The number of benzene rings is 2. The minimum Gasteiger partial charge on any atom is -0.453 e. The first-order valence-corrected chi connectivity index (χ1v) is 19.5. The number of carbonyl (C=O) groups is 2. The van der Waals surface area contributed by atoms with E-state index < -0.39 is 12.4 Å². The van der Waals surface area contributed by atoms with Gasteiger partial charge in [-0.05, 0) is 81.2 Å². The Kier molecular flexibility index (Phi) is 10.7. The van der Waals surface area contributed by atoms with Crippen LogP contribution in [0.3, 0.4) is 0 Å². The monoisotopic (exact) mass is 753 g/mol. The maximum Gasteiger partial charge on any atom is 0.324 e. The first-order chi connectivity index (χ1) is 26.6. The summed E-state index contributed by atoms with van der Waals surface area (Å²) < 4.78 is 23.3. The third-order valence-corrected chi connectivity index (χ3v) is 11.0. The SMILES string of the molecule is CC(C)(C)c1cc(NC(=O)Nc2ccc3oc(C(=O)c4cc5c(CN6CCOCC6)c(OC(O)N6CCC(N7CCCCC7)CC6)ccc5[nH]4)cc3c2)no1. The van der Waals surface area contributed by atoms with Crippen LogP contribution in [0.15, 0.2) is 57.5 Å². The lowest BCUT2D eigenvalue weighted by Gasteiger charge is -2.41. The second kappa shape index (κ2) is 15.8. The Morgan fingerprint density at radius 2 is 1.75 bits per heavy atom. The third-order valence-electron chi connectivity index (χ3n) is 11.0. The van der Waals surface area contributed by atoms with Gasteiger partial charge in [-0.25, -0.2) is 9.69 Å². The summed E-state index contributed by atoms with van der Waals surface area (Å²) in [7, 11) is 0. The Bertz CT molecular complexity index is 2130. The van der Waals surface area contributed by atoms with E-state index in [0.29, 0.717) is 65.5 Å². The lowest BCUT2D eigenvalue weighted by Crippen LogP contribution is -2.50. The van der Waals surface area contributed by atoms with Crippen molar-refractivity contribution < 1.29 is 33.1 Å². The van der Waals surface area contributed by atoms with Gasteiger partial charge < -0.3 is 38.7 Å². The maximum atomic E-state index is 13.9. The zero-order chi connectivity index (χ0) is 38.1. The molecule has 2 aromatic carbocycles. The molecule has 1 atom stereocenters.